The molecule has 9 fully saturated rings. The average molecular weight is 1250 g/mol. The van der Waals surface area contributed by atoms with Gasteiger partial charge in [0.15, 0.2) is 0 Å². The lowest BCUT2D eigenvalue weighted by Gasteiger charge is -2.44. The molecule has 0 heterocycles. The van der Waals surface area contributed by atoms with Gasteiger partial charge in [-0.1, -0.05) is 164 Å². The lowest BCUT2D eigenvalue weighted by atomic mass is 9.60. The monoisotopic (exact) mass is 1250 g/mol. The Kier molecular flexibility index (Phi) is 26.3. The van der Waals surface area contributed by atoms with Crippen molar-refractivity contribution in [3.05, 3.63) is 94.2 Å². The number of hydrogen-bond donors (Lipinski definition) is 9. The van der Waals surface area contributed by atoms with Crippen LogP contribution in [-0.2, 0) is 0 Å². The van der Waals surface area contributed by atoms with Crippen LogP contribution in [0, 0.1) is 75.4 Å². The van der Waals surface area contributed by atoms with Crippen molar-refractivity contribution in [2.45, 2.75) is 336 Å². The minimum Gasteiger partial charge on any atom is -0.393 e. The average Bonchev–Trinajstić information content (AvgIpc) is 1.60. The maximum atomic E-state index is 10.2. The van der Waals surface area contributed by atoms with E-state index in [1.54, 1.807) is 16.7 Å². The normalized spacial score (nSPS) is 38.7. The topological polar surface area (TPSA) is 182 Å². The van der Waals surface area contributed by atoms with Crippen molar-refractivity contribution in [2.75, 3.05) is 0 Å². The summed E-state index contributed by atoms with van der Waals surface area (Å²) < 4.78 is 0. The quantitative estimate of drug-likeness (QED) is 0.0603. The first-order valence-corrected chi connectivity index (χ1v) is 36.8. The molecular weight excluding hydrogens is 1120 g/mol. The Morgan fingerprint density at radius 1 is 0.467 bits per heavy atom. The van der Waals surface area contributed by atoms with Gasteiger partial charge in [0.2, 0.25) is 0 Å². The van der Waals surface area contributed by atoms with Crippen molar-refractivity contribution >= 4 is 0 Å². The van der Waals surface area contributed by atoms with Gasteiger partial charge in [-0.25, -0.2) is 0 Å². The van der Waals surface area contributed by atoms with Crippen LogP contribution in [0.1, 0.15) is 283 Å². The molecule has 9 heteroatoms. The van der Waals surface area contributed by atoms with Crippen molar-refractivity contribution in [1.29, 1.82) is 0 Å². The summed E-state index contributed by atoms with van der Waals surface area (Å²) in [6, 6.07) is 0. The van der Waals surface area contributed by atoms with Gasteiger partial charge in [-0.3, -0.25) is 0 Å². The molecule has 0 aromatic carbocycles. The summed E-state index contributed by atoms with van der Waals surface area (Å²) in [6.45, 7) is 36.2. The van der Waals surface area contributed by atoms with Crippen LogP contribution in [0.2, 0.25) is 0 Å². The molecule has 9 aliphatic rings. The highest BCUT2D eigenvalue weighted by molar-refractivity contribution is 5.39. The number of rotatable bonds is 18. The smallest absolute Gasteiger partial charge is 0.0811 e. The van der Waals surface area contributed by atoms with Crippen molar-refractivity contribution in [3.63, 3.8) is 0 Å². The lowest BCUT2D eigenvalue weighted by Crippen LogP contribution is -2.36. The van der Waals surface area contributed by atoms with Crippen molar-refractivity contribution < 1.29 is 46.0 Å². The van der Waals surface area contributed by atoms with Crippen molar-refractivity contribution in [1.82, 2.24) is 0 Å². The second-order valence-electron chi connectivity index (χ2n) is 34.5. The summed E-state index contributed by atoms with van der Waals surface area (Å²) in [6.07, 6.45) is 42.7. The number of aliphatic hydroxyl groups is 9. The van der Waals surface area contributed by atoms with E-state index >= 15 is 0 Å². The summed E-state index contributed by atoms with van der Waals surface area (Å²) >= 11 is 0. The first-order valence-electron chi connectivity index (χ1n) is 36.8. The number of fused-ring (bicyclic) bond motifs is 3. The molecule has 0 spiro atoms. The number of hydrogen-bond acceptors (Lipinski definition) is 9. The molecule has 0 saturated heterocycles. The first-order chi connectivity index (χ1) is 42.0. The third-order valence-electron chi connectivity index (χ3n) is 25.8. The fraction of sp³-hybridized carbons (Fsp3) is 0.802. The highest BCUT2D eigenvalue weighted by atomic mass is 16.3. The van der Waals surface area contributed by atoms with Crippen molar-refractivity contribution in [3.8, 4) is 0 Å². The van der Waals surface area contributed by atoms with Crippen LogP contribution in [0.5, 0.6) is 0 Å². The maximum absolute atomic E-state index is 10.2. The Labute approximate surface area is 549 Å². The van der Waals surface area contributed by atoms with E-state index in [4.69, 9.17) is 0 Å². The van der Waals surface area contributed by atoms with E-state index in [1.165, 1.54) is 121 Å². The molecule has 9 N–H and O–H groups in total. The maximum Gasteiger partial charge on any atom is 0.0811 e. The van der Waals surface area contributed by atoms with Crippen LogP contribution < -0.4 is 0 Å². The molecule has 9 rings (SSSR count). The Morgan fingerprint density at radius 3 is 1.14 bits per heavy atom. The van der Waals surface area contributed by atoms with Gasteiger partial charge < -0.3 is 46.0 Å². The Hall–Kier alpha value is -2.44. The molecule has 0 bridgehead atoms. The van der Waals surface area contributed by atoms with Gasteiger partial charge in [0.1, 0.15) is 0 Å². The molecule has 18 atom stereocenters. The summed E-state index contributed by atoms with van der Waals surface area (Å²) in [5.41, 5.74) is 8.92. The molecule has 9 aliphatic carbocycles. The second kappa shape index (κ2) is 31.6. The molecule has 0 aromatic heterocycles. The largest absolute Gasteiger partial charge is 0.393 e. The molecule has 512 valence electrons. The minimum absolute atomic E-state index is 0.0266. The Bertz CT molecular complexity index is 2530. The van der Waals surface area contributed by atoms with Gasteiger partial charge >= 0.3 is 0 Å². The summed E-state index contributed by atoms with van der Waals surface area (Å²) in [7, 11) is 0. The van der Waals surface area contributed by atoms with Gasteiger partial charge in [-0.05, 0) is 275 Å². The number of aliphatic hydroxyl groups excluding tert-OH is 6. The fourth-order valence-electron chi connectivity index (χ4n) is 20.3. The van der Waals surface area contributed by atoms with Gasteiger partial charge in [-0.2, -0.15) is 0 Å². The molecule has 0 aliphatic heterocycles. The number of allylic oxidation sites excluding steroid dienone is 9. The molecule has 0 radical (unpaired) electrons. The molecule has 9 nitrogen and oxygen atoms in total. The third kappa shape index (κ3) is 19.4. The standard InChI is InChI=1S/C27H46O3.2C27H44O3/c2*1-18(8-6-14-26(3,4)30)22-12-13-23-21(9-7-15-27(22,23)5)11-10-20-16-24(28)19(2)25(29)17-20;1-18(8-6-14-26(3,4)30)23-12-13-24-20(9-7-15-27(23,24)5)10-11-21-16-22(28)17-25(29)19(21)2/h10-11,18-19,22-25,28-30H,6-9,12-17H2,1-5H3;2*10-11,18,22-25,28-30H,2,6-9,12-17H2,1,3-5H3/b20-10?,21-11+;21-11+;20-10+,21-11-/t18-,19?,22?,23?,24+,25+,27+;18-,22?,23?,24+,25+,27+;18-,22+,23?,24?,25-,27+/m000/s1. The highest BCUT2D eigenvalue weighted by Gasteiger charge is 2.53. The van der Waals surface area contributed by atoms with E-state index in [9.17, 15) is 46.0 Å². The molecule has 6 unspecified atom stereocenters. The van der Waals surface area contributed by atoms with Crippen LogP contribution in [0.15, 0.2) is 94.2 Å². The Balaban J connectivity index is 0.000000192. The predicted octanol–water partition coefficient (Wildman–Crippen LogP) is 17.2. The summed E-state index contributed by atoms with van der Waals surface area (Å²) in [5, 5.41) is 91.0. The lowest BCUT2D eigenvalue weighted by molar-refractivity contribution is 0.00404. The van der Waals surface area contributed by atoms with Crippen LogP contribution in [0.4, 0.5) is 0 Å². The van der Waals surface area contributed by atoms with Crippen molar-refractivity contribution in [2.24, 2.45) is 75.4 Å². The van der Waals surface area contributed by atoms with Crippen LogP contribution in [0.3, 0.4) is 0 Å². The van der Waals surface area contributed by atoms with E-state index in [0.717, 1.165) is 73.0 Å². The molecule has 0 amide bonds. The van der Waals surface area contributed by atoms with Gasteiger partial charge in [0.05, 0.1) is 53.4 Å². The molecule has 90 heavy (non-hydrogen) atoms. The van der Waals surface area contributed by atoms with E-state index in [0.29, 0.717) is 95.9 Å². The molecule has 9 saturated carbocycles. The summed E-state index contributed by atoms with van der Waals surface area (Å²) in [5.74, 6) is 6.39. The minimum atomic E-state index is -0.615. The van der Waals surface area contributed by atoms with E-state index in [2.05, 4.69) is 91.2 Å². The predicted molar refractivity (Wildman–Crippen MR) is 372 cm³/mol. The third-order valence-corrected chi connectivity index (χ3v) is 25.8. The summed E-state index contributed by atoms with van der Waals surface area (Å²) in [4.78, 5) is 0. The highest BCUT2D eigenvalue weighted by Crippen LogP contribution is 2.63. The molecule has 0 aromatic rings. The molecular formula is C81H134O9. The van der Waals surface area contributed by atoms with E-state index < -0.39 is 53.4 Å². The SMILES string of the molecule is C=C1/C(=C\C=C2/CCC[C@@]3(C)C2CCC3[C@@H](C)CCCC(C)(C)O)C[C@@H](O)C[C@@H]1O.C=C1[C@H](O)CC(=C/C=C2\CCC[C@@]3(C)C2CCC3[C@@H](C)CCCC(C)(C)O)C[C@H]1O.CC1[C@H](O)CC(=C/C=C2\CCC[C@@]3(C)C2CCC3[C@@H](C)CCCC(C)(C)O)C[C@H]1O. The Morgan fingerprint density at radius 2 is 0.800 bits per heavy atom. The van der Waals surface area contributed by atoms with Crippen LogP contribution in [-0.4, -0.2) is 99.4 Å². The van der Waals surface area contributed by atoms with Gasteiger partial charge in [0, 0.05) is 12.3 Å². The zero-order valence-electron chi connectivity index (χ0n) is 59.4. The zero-order chi connectivity index (χ0) is 66.3. The van der Waals surface area contributed by atoms with E-state index in [1.807, 2.05) is 48.5 Å². The fourth-order valence-corrected chi connectivity index (χ4v) is 20.3. The van der Waals surface area contributed by atoms with E-state index in [-0.39, 0.29) is 5.92 Å². The second-order valence-corrected chi connectivity index (χ2v) is 34.5. The van der Waals surface area contributed by atoms with Gasteiger partial charge in [0.25, 0.3) is 0 Å². The zero-order valence-corrected chi connectivity index (χ0v) is 59.4. The first kappa shape index (κ1) is 74.9. The van der Waals surface area contributed by atoms with Crippen LogP contribution in [0.25, 0.3) is 0 Å². The van der Waals surface area contributed by atoms with Crippen LogP contribution >= 0.6 is 0 Å². The van der Waals surface area contributed by atoms with Gasteiger partial charge in [-0.15, -0.1) is 0 Å².